The van der Waals surface area contributed by atoms with Crippen LogP contribution in [0, 0.1) is 13.8 Å². The van der Waals surface area contributed by atoms with E-state index >= 15 is 0 Å². The van der Waals surface area contributed by atoms with E-state index in [0.717, 1.165) is 11.1 Å². The Hall–Kier alpha value is -3.17. The number of nitrogens with zero attached hydrogens (tertiary/aromatic N) is 3. The molecule has 0 fully saturated rings. The number of nitrogens with one attached hydrogen (secondary N) is 2. The standard InChI is InChI=1S/C24H25BrClN5O3/c1-13-12-18(26)8-11-20(13)34-16(4)23(32)27-19-9-6-17(7-10-19)14(2)28-29-24(33)22-21(25)15(3)30-31(22)5/h6-12,16H,1-5H3,(H,27,32)(H,29,33)/t16-/m0/s1. The number of aryl methyl sites for hydroxylation is 3. The van der Waals surface area contributed by atoms with Crippen molar-refractivity contribution in [3.05, 3.63) is 74.5 Å². The molecule has 3 rings (SSSR count). The second-order valence-corrected chi connectivity index (χ2v) is 8.98. The molecule has 0 radical (unpaired) electrons. The number of benzene rings is 2. The average molecular weight is 547 g/mol. The van der Waals surface area contributed by atoms with Crippen molar-refractivity contribution in [1.29, 1.82) is 0 Å². The molecule has 3 aromatic rings. The molecule has 0 saturated heterocycles. The molecular weight excluding hydrogens is 522 g/mol. The second-order valence-electron chi connectivity index (χ2n) is 7.75. The van der Waals surface area contributed by atoms with E-state index in [2.05, 4.69) is 36.9 Å². The Balaban J connectivity index is 1.60. The first-order valence-corrected chi connectivity index (χ1v) is 11.6. The summed E-state index contributed by atoms with van der Waals surface area (Å²) in [6.45, 7) is 7.13. The van der Waals surface area contributed by atoms with Gasteiger partial charge in [-0.05, 0) is 85.1 Å². The van der Waals surface area contributed by atoms with Gasteiger partial charge in [-0.1, -0.05) is 23.7 Å². The number of hydrogen-bond donors (Lipinski definition) is 2. The maximum Gasteiger partial charge on any atom is 0.290 e. The molecule has 34 heavy (non-hydrogen) atoms. The molecule has 178 valence electrons. The molecule has 2 N–H and O–H groups in total. The van der Waals surface area contributed by atoms with Gasteiger partial charge in [0, 0.05) is 17.8 Å². The minimum atomic E-state index is -0.701. The first-order chi connectivity index (χ1) is 16.1. The highest BCUT2D eigenvalue weighted by Crippen LogP contribution is 2.23. The summed E-state index contributed by atoms with van der Waals surface area (Å²) in [4.78, 5) is 25.0. The lowest BCUT2D eigenvalue weighted by atomic mass is 10.1. The molecule has 0 aliphatic heterocycles. The normalized spacial score (nSPS) is 12.3. The van der Waals surface area contributed by atoms with Crippen molar-refractivity contribution in [2.24, 2.45) is 12.1 Å². The van der Waals surface area contributed by atoms with Crippen LogP contribution in [-0.4, -0.2) is 33.4 Å². The van der Waals surface area contributed by atoms with Gasteiger partial charge < -0.3 is 10.1 Å². The number of amides is 2. The van der Waals surface area contributed by atoms with Gasteiger partial charge in [0.15, 0.2) is 6.10 Å². The zero-order chi connectivity index (χ0) is 25.0. The Morgan fingerprint density at radius 3 is 2.44 bits per heavy atom. The van der Waals surface area contributed by atoms with Gasteiger partial charge in [-0.15, -0.1) is 0 Å². The third kappa shape index (κ3) is 6.03. The molecule has 8 nitrogen and oxygen atoms in total. The summed E-state index contributed by atoms with van der Waals surface area (Å²) in [7, 11) is 1.69. The molecule has 1 aromatic heterocycles. The second kappa shape index (κ2) is 10.8. The van der Waals surface area contributed by atoms with Gasteiger partial charge >= 0.3 is 0 Å². The third-order valence-electron chi connectivity index (χ3n) is 5.07. The minimum absolute atomic E-state index is 0.281. The first kappa shape index (κ1) is 25.5. The zero-order valence-electron chi connectivity index (χ0n) is 19.4. The summed E-state index contributed by atoms with van der Waals surface area (Å²) < 4.78 is 7.89. The first-order valence-electron chi connectivity index (χ1n) is 10.4. The topological polar surface area (TPSA) is 97.6 Å². The van der Waals surface area contributed by atoms with Crippen LogP contribution in [-0.2, 0) is 11.8 Å². The molecule has 0 bridgehead atoms. The van der Waals surface area contributed by atoms with Gasteiger partial charge in [0.05, 0.1) is 15.9 Å². The Kier molecular flexibility index (Phi) is 8.11. The van der Waals surface area contributed by atoms with E-state index in [1.165, 1.54) is 4.68 Å². The van der Waals surface area contributed by atoms with Crippen LogP contribution in [0.25, 0.3) is 0 Å². The fourth-order valence-electron chi connectivity index (χ4n) is 3.16. The van der Waals surface area contributed by atoms with Gasteiger partial charge in [0.1, 0.15) is 11.4 Å². The Labute approximate surface area is 211 Å². The highest BCUT2D eigenvalue weighted by molar-refractivity contribution is 9.10. The van der Waals surface area contributed by atoms with Crippen LogP contribution in [0.5, 0.6) is 5.75 Å². The maximum atomic E-state index is 12.5. The lowest BCUT2D eigenvalue weighted by molar-refractivity contribution is -0.122. The van der Waals surface area contributed by atoms with Crippen molar-refractivity contribution < 1.29 is 14.3 Å². The van der Waals surface area contributed by atoms with Gasteiger partial charge in [-0.25, -0.2) is 5.43 Å². The number of anilines is 1. The Morgan fingerprint density at radius 2 is 1.85 bits per heavy atom. The quantitative estimate of drug-likeness (QED) is 0.321. The minimum Gasteiger partial charge on any atom is -0.481 e. The van der Waals surface area contributed by atoms with Crippen molar-refractivity contribution in [3.63, 3.8) is 0 Å². The fourth-order valence-corrected chi connectivity index (χ4v) is 3.90. The van der Waals surface area contributed by atoms with Crippen molar-refractivity contribution in [2.75, 3.05) is 5.32 Å². The summed E-state index contributed by atoms with van der Waals surface area (Å²) in [5, 5.41) is 11.8. The molecule has 0 unspecified atom stereocenters. The maximum absolute atomic E-state index is 12.5. The SMILES string of the molecule is CC(=NNC(=O)c1c(Br)c(C)nn1C)c1ccc(NC(=O)[C@H](C)Oc2ccc(Cl)cc2C)cc1. The molecule has 1 atom stereocenters. The van der Waals surface area contributed by atoms with E-state index in [0.29, 0.717) is 38.0 Å². The largest absolute Gasteiger partial charge is 0.481 e. The van der Waals surface area contributed by atoms with E-state index in [4.69, 9.17) is 16.3 Å². The number of carbonyl (C=O) groups is 2. The van der Waals surface area contributed by atoms with Crippen molar-refractivity contribution in [3.8, 4) is 5.75 Å². The van der Waals surface area contributed by atoms with Crippen LogP contribution >= 0.6 is 27.5 Å². The summed E-state index contributed by atoms with van der Waals surface area (Å²) in [5.41, 5.74) is 6.52. The molecule has 0 spiro atoms. The predicted octanol–water partition coefficient (Wildman–Crippen LogP) is 5.01. The average Bonchev–Trinajstić information content (AvgIpc) is 3.05. The predicted molar refractivity (Wildman–Crippen MR) is 137 cm³/mol. The van der Waals surface area contributed by atoms with Crippen LogP contribution in [0.1, 0.15) is 41.2 Å². The number of aromatic nitrogens is 2. The number of ether oxygens (including phenoxy) is 1. The van der Waals surface area contributed by atoms with Gasteiger partial charge in [-0.2, -0.15) is 10.2 Å². The van der Waals surface area contributed by atoms with Crippen molar-refractivity contribution in [2.45, 2.75) is 33.8 Å². The molecule has 0 saturated carbocycles. The summed E-state index contributed by atoms with van der Waals surface area (Å²) >= 11 is 9.34. The summed E-state index contributed by atoms with van der Waals surface area (Å²) in [5.74, 6) is -0.0514. The number of carbonyl (C=O) groups excluding carboxylic acids is 2. The summed E-state index contributed by atoms with van der Waals surface area (Å²) in [6, 6.07) is 12.4. The Morgan fingerprint density at radius 1 is 1.18 bits per heavy atom. The van der Waals surface area contributed by atoms with E-state index < -0.39 is 6.10 Å². The van der Waals surface area contributed by atoms with Gasteiger partial charge in [0.2, 0.25) is 0 Å². The zero-order valence-corrected chi connectivity index (χ0v) is 21.8. The molecule has 1 heterocycles. The molecule has 0 aliphatic rings. The van der Waals surface area contributed by atoms with E-state index in [9.17, 15) is 9.59 Å². The number of rotatable bonds is 7. The van der Waals surface area contributed by atoms with Crippen LogP contribution in [0.3, 0.4) is 0 Å². The van der Waals surface area contributed by atoms with Crippen LogP contribution in [0.15, 0.2) is 52.0 Å². The third-order valence-corrected chi connectivity index (χ3v) is 6.25. The number of hydrazone groups is 1. The Bertz CT molecular complexity index is 1250. The van der Waals surface area contributed by atoms with E-state index in [1.807, 2.05) is 6.92 Å². The fraction of sp³-hybridized carbons (Fsp3) is 0.250. The summed E-state index contributed by atoms with van der Waals surface area (Å²) in [6.07, 6.45) is -0.701. The molecule has 2 amide bonds. The van der Waals surface area contributed by atoms with Gasteiger partial charge in [0.25, 0.3) is 11.8 Å². The molecule has 0 aliphatic carbocycles. The lowest BCUT2D eigenvalue weighted by Crippen LogP contribution is -2.30. The van der Waals surface area contributed by atoms with Crippen LogP contribution in [0.2, 0.25) is 5.02 Å². The highest BCUT2D eigenvalue weighted by atomic mass is 79.9. The smallest absolute Gasteiger partial charge is 0.290 e. The molecular formula is C24H25BrClN5O3. The number of hydrogen-bond acceptors (Lipinski definition) is 5. The highest BCUT2D eigenvalue weighted by Gasteiger charge is 2.18. The van der Waals surface area contributed by atoms with Crippen LogP contribution in [0.4, 0.5) is 5.69 Å². The van der Waals surface area contributed by atoms with E-state index in [1.54, 1.807) is 70.3 Å². The van der Waals surface area contributed by atoms with Crippen molar-refractivity contribution >= 4 is 50.7 Å². The number of halogens is 2. The monoisotopic (exact) mass is 545 g/mol. The molecule has 10 heteroatoms. The van der Waals surface area contributed by atoms with Crippen LogP contribution < -0.4 is 15.5 Å². The lowest BCUT2D eigenvalue weighted by Gasteiger charge is -2.16. The van der Waals surface area contributed by atoms with Gasteiger partial charge in [-0.3, -0.25) is 14.3 Å². The van der Waals surface area contributed by atoms with Crippen molar-refractivity contribution in [1.82, 2.24) is 15.2 Å². The van der Waals surface area contributed by atoms with E-state index in [-0.39, 0.29) is 11.8 Å². The molecule has 2 aromatic carbocycles.